The van der Waals surface area contributed by atoms with E-state index >= 15 is 0 Å². The van der Waals surface area contributed by atoms with E-state index in [-0.39, 0.29) is 5.91 Å². The number of H-pyrrole nitrogens is 1. The highest BCUT2D eigenvalue weighted by atomic mass is 16.5. The summed E-state index contributed by atoms with van der Waals surface area (Å²) >= 11 is 0. The quantitative estimate of drug-likeness (QED) is 0.909. The van der Waals surface area contributed by atoms with Gasteiger partial charge in [0.15, 0.2) is 0 Å². The number of aromatic nitrogens is 3. The van der Waals surface area contributed by atoms with Gasteiger partial charge in [0.05, 0.1) is 18.5 Å². The van der Waals surface area contributed by atoms with Crippen molar-refractivity contribution >= 4 is 5.91 Å². The Hall–Kier alpha value is -2.41. The highest BCUT2D eigenvalue weighted by molar-refractivity contribution is 5.73. The number of rotatable bonds is 3. The molecule has 138 valence electrons. The Bertz CT molecular complexity index is 778. The number of hydrogen-bond donors (Lipinski definition) is 1. The Morgan fingerprint density at radius 3 is 2.73 bits per heavy atom. The van der Waals surface area contributed by atoms with Crippen molar-refractivity contribution in [3.05, 3.63) is 29.7 Å². The molecule has 2 aromatic rings. The standard InChI is InChI=1S/C19H25N5O2/c1-13(25)23-8-5-15(6-9-23)24-10-7-16-17(12-24)22-19(21-16)14-3-4-18(26-2)20-11-14/h3-4,11,15H,5-10,12H2,1-2H3,(H,21,22). The van der Waals surface area contributed by atoms with Gasteiger partial charge in [-0.15, -0.1) is 0 Å². The second kappa shape index (κ2) is 7.07. The Kier molecular flexibility index (Phi) is 4.63. The van der Waals surface area contributed by atoms with E-state index in [9.17, 15) is 4.79 Å². The lowest BCUT2D eigenvalue weighted by molar-refractivity contribution is -0.130. The van der Waals surface area contributed by atoms with Crippen LogP contribution in [0.3, 0.4) is 0 Å². The number of nitrogens with one attached hydrogen (secondary N) is 1. The van der Waals surface area contributed by atoms with Crippen molar-refractivity contribution in [3.8, 4) is 17.3 Å². The predicted molar refractivity (Wildman–Crippen MR) is 97.8 cm³/mol. The first-order valence-corrected chi connectivity index (χ1v) is 9.22. The van der Waals surface area contributed by atoms with Crippen molar-refractivity contribution in [1.29, 1.82) is 0 Å². The van der Waals surface area contributed by atoms with Crippen molar-refractivity contribution in [2.45, 2.75) is 38.8 Å². The third kappa shape index (κ3) is 3.31. The zero-order chi connectivity index (χ0) is 18.1. The van der Waals surface area contributed by atoms with Crippen LogP contribution in [-0.4, -0.2) is 63.4 Å². The number of likely N-dealkylation sites (tertiary alicyclic amines) is 1. The first kappa shape index (κ1) is 17.0. The van der Waals surface area contributed by atoms with Crippen LogP contribution < -0.4 is 4.74 Å². The number of carbonyl (C=O) groups is 1. The van der Waals surface area contributed by atoms with Crippen LogP contribution in [0.1, 0.15) is 31.2 Å². The number of carbonyl (C=O) groups excluding carboxylic acids is 1. The molecule has 2 aromatic heterocycles. The fraction of sp³-hybridized carbons (Fsp3) is 0.526. The van der Waals surface area contributed by atoms with Gasteiger partial charge in [-0.1, -0.05) is 0 Å². The summed E-state index contributed by atoms with van der Waals surface area (Å²) in [6, 6.07) is 4.38. The maximum Gasteiger partial charge on any atom is 0.219 e. The summed E-state index contributed by atoms with van der Waals surface area (Å²) in [5.41, 5.74) is 3.34. The molecule has 2 aliphatic rings. The first-order chi connectivity index (χ1) is 12.6. The summed E-state index contributed by atoms with van der Waals surface area (Å²) in [5.74, 6) is 1.67. The second-order valence-corrected chi connectivity index (χ2v) is 7.06. The molecule has 0 aliphatic carbocycles. The highest BCUT2D eigenvalue weighted by Gasteiger charge is 2.29. The minimum Gasteiger partial charge on any atom is -0.481 e. The molecule has 0 atom stereocenters. The van der Waals surface area contributed by atoms with E-state index in [1.54, 1.807) is 20.2 Å². The molecule has 2 aliphatic heterocycles. The molecule has 26 heavy (non-hydrogen) atoms. The average Bonchev–Trinajstić information content (AvgIpc) is 3.11. The molecule has 0 unspecified atom stereocenters. The molecule has 7 nitrogen and oxygen atoms in total. The topological polar surface area (TPSA) is 74.3 Å². The van der Waals surface area contributed by atoms with E-state index in [2.05, 4.69) is 14.9 Å². The number of hydrogen-bond acceptors (Lipinski definition) is 5. The number of piperidine rings is 1. The number of ether oxygens (including phenoxy) is 1. The van der Waals surface area contributed by atoms with Crippen LogP contribution in [0.4, 0.5) is 0 Å². The van der Waals surface area contributed by atoms with E-state index in [1.807, 2.05) is 17.0 Å². The third-order valence-electron chi connectivity index (χ3n) is 5.51. The Balaban J connectivity index is 1.44. The summed E-state index contributed by atoms with van der Waals surface area (Å²) < 4.78 is 5.12. The lowest BCUT2D eigenvalue weighted by Gasteiger charge is -2.39. The maximum atomic E-state index is 11.5. The van der Waals surface area contributed by atoms with E-state index in [4.69, 9.17) is 9.72 Å². The Morgan fingerprint density at radius 1 is 1.27 bits per heavy atom. The fourth-order valence-corrected chi connectivity index (χ4v) is 3.95. The summed E-state index contributed by atoms with van der Waals surface area (Å²) in [4.78, 5) is 28.5. The Labute approximate surface area is 153 Å². The Morgan fingerprint density at radius 2 is 2.08 bits per heavy atom. The number of imidazole rings is 1. The van der Waals surface area contributed by atoms with Crippen LogP contribution in [-0.2, 0) is 17.8 Å². The van der Waals surface area contributed by atoms with E-state index < -0.39 is 0 Å². The SMILES string of the molecule is COc1ccc(-c2nc3c([nH]2)CN(C2CCN(C(C)=O)CC2)CC3)cn1. The number of nitrogens with zero attached hydrogens (tertiary/aromatic N) is 4. The van der Waals surface area contributed by atoms with Crippen LogP contribution in [0.25, 0.3) is 11.4 Å². The monoisotopic (exact) mass is 355 g/mol. The van der Waals surface area contributed by atoms with Gasteiger partial charge < -0.3 is 14.6 Å². The lowest BCUT2D eigenvalue weighted by Crippen LogP contribution is -2.47. The first-order valence-electron chi connectivity index (χ1n) is 9.22. The molecule has 0 spiro atoms. The zero-order valence-corrected chi connectivity index (χ0v) is 15.4. The summed E-state index contributed by atoms with van der Waals surface area (Å²) in [6.45, 7) is 5.33. The van der Waals surface area contributed by atoms with Gasteiger partial charge in [0.2, 0.25) is 11.8 Å². The van der Waals surface area contributed by atoms with Gasteiger partial charge in [0.1, 0.15) is 5.82 Å². The maximum absolute atomic E-state index is 11.5. The third-order valence-corrected chi connectivity index (χ3v) is 5.51. The fourth-order valence-electron chi connectivity index (χ4n) is 3.95. The molecule has 1 saturated heterocycles. The molecule has 1 N–H and O–H groups in total. The number of amides is 1. The predicted octanol–water partition coefficient (Wildman–Crippen LogP) is 1.85. The van der Waals surface area contributed by atoms with E-state index in [1.165, 1.54) is 5.69 Å². The molecule has 1 amide bonds. The van der Waals surface area contributed by atoms with Gasteiger partial charge in [0, 0.05) is 63.4 Å². The molecular weight excluding hydrogens is 330 g/mol. The molecule has 0 aromatic carbocycles. The average molecular weight is 355 g/mol. The molecule has 4 heterocycles. The van der Waals surface area contributed by atoms with Crippen LogP contribution in [0, 0.1) is 0 Å². The number of pyridine rings is 1. The molecule has 0 saturated carbocycles. The van der Waals surface area contributed by atoms with Crippen LogP contribution in [0.15, 0.2) is 18.3 Å². The van der Waals surface area contributed by atoms with Crippen LogP contribution in [0.2, 0.25) is 0 Å². The van der Waals surface area contributed by atoms with Crippen molar-refractivity contribution in [2.24, 2.45) is 0 Å². The second-order valence-electron chi connectivity index (χ2n) is 7.06. The van der Waals surface area contributed by atoms with Gasteiger partial charge in [0.25, 0.3) is 0 Å². The van der Waals surface area contributed by atoms with Gasteiger partial charge in [-0.25, -0.2) is 9.97 Å². The normalized spacial score (nSPS) is 18.6. The summed E-state index contributed by atoms with van der Waals surface area (Å²) in [6.07, 6.45) is 4.86. The van der Waals surface area contributed by atoms with E-state index in [0.717, 1.165) is 62.5 Å². The summed E-state index contributed by atoms with van der Waals surface area (Å²) in [5, 5.41) is 0. The smallest absolute Gasteiger partial charge is 0.219 e. The lowest BCUT2D eigenvalue weighted by atomic mass is 10.00. The molecule has 7 heteroatoms. The van der Waals surface area contributed by atoms with Crippen molar-refractivity contribution in [3.63, 3.8) is 0 Å². The number of aromatic amines is 1. The minimum absolute atomic E-state index is 0.190. The van der Waals surface area contributed by atoms with Gasteiger partial charge in [-0.3, -0.25) is 9.69 Å². The van der Waals surface area contributed by atoms with Crippen molar-refractivity contribution in [1.82, 2.24) is 24.8 Å². The summed E-state index contributed by atoms with van der Waals surface area (Å²) in [7, 11) is 1.61. The van der Waals surface area contributed by atoms with Crippen LogP contribution >= 0.6 is 0 Å². The molecular formula is C19H25N5O2. The minimum atomic E-state index is 0.190. The molecule has 4 rings (SSSR count). The van der Waals surface area contributed by atoms with Crippen molar-refractivity contribution in [2.75, 3.05) is 26.7 Å². The van der Waals surface area contributed by atoms with Gasteiger partial charge in [-0.05, 0) is 18.9 Å². The zero-order valence-electron chi connectivity index (χ0n) is 15.4. The van der Waals surface area contributed by atoms with E-state index in [0.29, 0.717) is 11.9 Å². The van der Waals surface area contributed by atoms with Crippen LogP contribution in [0.5, 0.6) is 5.88 Å². The van der Waals surface area contributed by atoms with Crippen molar-refractivity contribution < 1.29 is 9.53 Å². The largest absolute Gasteiger partial charge is 0.481 e. The molecule has 0 radical (unpaired) electrons. The molecule has 0 bridgehead atoms. The van der Waals surface area contributed by atoms with Gasteiger partial charge >= 0.3 is 0 Å². The van der Waals surface area contributed by atoms with Gasteiger partial charge in [-0.2, -0.15) is 0 Å². The number of methoxy groups -OCH3 is 1. The molecule has 1 fully saturated rings. The number of fused-ring (bicyclic) bond motifs is 1. The highest BCUT2D eigenvalue weighted by Crippen LogP contribution is 2.26.